The molecule has 2 rings (SSSR count). The molecule has 0 radical (unpaired) electrons. The van der Waals surface area contributed by atoms with Crippen molar-refractivity contribution in [2.24, 2.45) is 0 Å². The van der Waals surface area contributed by atoms with E-state index in [0.717, 1.165) is 43.5 Å². The summed E-state index contributed by atoms with van der Waals surface area (Å²) in [6, 6.07) is 0. The number of ether oxygens (including phenoxy) is 3. The van der Waals surface area contributed by atoms with Gasteiger partial charge in [-0.1, -0.05) is 18.1 Å². The van der Waals surface area contributed by atoms with Gasteiger partial charge < -0.3 is 14.2 Å². The van der Waals surface area contributed by atoms with E-state index in [2.05, 4.69) is 19.8 Å². The largest absolute Gasteiger partial charge is 0.469 e. The summed E-state index contributed by atoms with van der Waals surface area (Å²) in [5, 5.41) is 8.49. The summed E-state index contributed by atoms with van der Waals surface area (Å²) in [5.74, 6) is -0.639. The second kappa shape index (κ2) is 9.36. The summed E-state index contributed by atoms with van der Waals surface area (Å²) in [6.07, 6.45) is 5.58. The fourth-order valence-electron chi connectivity index (χ4n) is 2.85. The quantitative estimate of drug-likeness (QED) is 0.696. The van der Waals surface area contributed by atoms with E-state index in [1.165, 1.54) is 14.2 Å². The summed E-state index contributed by atoms with van der Waals surface area (Å²) in [6.45, 7) is 0.476. The first-order chi connectivity index (χ1) is 11.7. The summed E-state index contributed by atoms with van der Waals surface area (Å²) >= 11 is 0. The van der Waals surface area contributed by atoms with E-state index in [1.807, 2.05) is 0 Å². The maximum absolute atomic E-state index is 11.4. The lowest BCUT2D eigenvalue weighted by Crippen LogP contribution is -2.19. The number of nitrogens with zero attached hydrogens (tertiary/aromatic N) is 3. The van der Waals surface area contributed by atoms with Crippen LogP contribution in [0.1, 0.15) is 56.0 Å². The number of rotatable bonds is 7. The van der Waals surface area contributed by atoms with Crippen molar-refractivity contribution in [1.82, 2.24) is 15.0 Å². The topological polar surface area (TPSA) is 92.5 Å². The van der Waals surface area contributed by atoms with Crippen LogP contribution in [-0.2, 0) is 36.8 Å². The first-order valence-electron chi connectivity index (χ1n) is 8.33. The molecule has 134 valence electrons. The van der Waals surface area contributed by atoms with Gasteiger partial charge in [0.25, 0.3) is 0 Å². The normalized spacial score (nSPS) is 17.5. The highest BCUT2D eigenvalue weighted by Gasteiger charge is 2.25. The Hall–Kier alpha value is -1.96. The molecule has 0 N–H and O–H groups in total. The Morgan fingerprint density at radius 3 is 2.71 bits per heavy atom. The van der Waals surface area contributed by atoms with E-state index in [-0.39, 0.29) is 18.7 Å². The zero-order valence-electron chi connectivity index (χ0n) is 14.3. The molecule has 24 heavy (non-hydrogen) atoms. The third kappa shape index (κ3) is 5.02. The number of hydrogen-bond donors (Lipinski definition) is 0. The third-order valence-corrected chi connectivity index (χ3v) is 4.14. The SMILES string of the molecule is COC(=O)CCCn1nnc2c1C(OCC(=O)OC)CCCCC2. The molecule has 1 aromatic rings. The van der Waals surface area contributed by atoms with E-state index in [9.17, 15) is 9.59 Å². The molecule has 0 fully saturated rings. The predicted octanol–water partition coefficient (Wildman–Crippen LogP) is 1.58. The Kier molecular flexibility index (Phi) is 7.17. The predicted molar refractivity (Wildman–Crippen MR) is 84.2 cm³/mol. The average Bonchev–Trinajstić information content (AvgIpc) is 2.96. The fourth-order valence-corrected chi connectivity index (χ4v) is 2.85. The second-order valence-corrected chi connectivity index (χ2v) is 5.80. The minimum Gasteiger partial charge on any atom is -0.469 e. The molecular formula is C16H25N3O5. The van der Waals surface area contributed by atoms with Crippen LogP contribution in [0.3, 0.4) is 0 Å². The molecule has 0 bridgehead atoms. The van der Waals surface area contributed by atoms with Crippen LogP contribution < -0.4 is 0 Å². The Balaban J connectivity index is 2.09. The molecule has 0 aliphatic heterocycles. The summed E-state index contributed by atoms with van der Waals surface area (Å²) < 4.78 is 16.9. The Morgan fingerprint density at radius 2 is 1.96 bits per heavy atom. The van der Waals surface area contributed by atoms with Gasteiger partial charge in [-0.05, 0) is 25.7 Å². The highest BCUT2D eigenvalue weighted by atomic mass is 16.6. The summed E-state index contributed by atoms with van der Waals surface area (Å²) in [5.41, 5.74) is 1.84. The average molecular weight is 339 g/mol. The van der Waals surface area contributed by atoms with Gasteiger partial charge in [0.05, 0.1) is 25.6 Å². The number of aryl methyl sites for hydroxylation is 2. The van der Waals surface area contributed by atoms with E-state index in [0.29, 0.717) is 19.4 Å². The lowest BCUT2D eigenvalue weighted by molar-refractivity contribution is -0.148. The van der Waals surface area contributed by atoms with Crippen LogP contribution in [0.5, 0.6) is 0 Å². The van der Waals surface area contributed by atoms with Gasteiger partial charge in [-0.2, -0.15) is 0 Å². The first kappa shape index (κ1) is 18.4. The minimum atomic E-state index is -0.400. The molecule has 1 heterocycles. The molecule has 0 amide bonds. The van der Waals surface area contributed by atoms with Crippen molar-refractivity contribution in [3.8, 4) is 0 Å². The van der Waals surface area contributed by atoms with Crippen LogP contribution in [0, 0.1) is 0 Å². The molecule has 1 aromatic heterocycles. The standard InChI is InChI=1S/C16H25N3O5/c1-22-14(20)9-6-10-19-16-12(17-18-19)7-4-3-5-8-13(16)24-11-15(21)23-2/h13H,3-11H2,1-2H3. The van der Waals surface area contributed by atoms with E-state index in [4.69, 9.17) is 4.74 Å². The lowest BCUT2D eigenvalue weighted by Gasteiger charge is -2.21. The molecule has 1 aliphatic carbocycles. The molecule has 0 aromatic carbocycles. The monoisotopic (exact) mass is 339 g/mol. The fraction of sp³-hybridized carbons (Fsp3) is 0.750. The van der Waals surface area contributed by atoms with Crippen molar-refractivity contribution < 1.29 is 23.8 Å². The van der Waals surface area contributed by atoms with Gasteiger partial charge in [0.1, 0.15) is 12.7 Å². The van der Waals surface area contributed by atoms with Gasteiger partial charge >= 0.3 is 11.9 Å². The molecule has 8 nitrogen and oxygen atoms in total. The zero-order chi connectivity index (χ0) is 17.4. The van der Waals surface area contributed by atoms with Crippen molar-refractivity contribution in [2.75, 3.05) is 20.8 Å². The van der Waals surface area contributed by atoms with Crippen LogP contribution in [0.4, 0.5) is 0 Å². The molecule has 1 unspecified atom stereocenters. The second-order valence-electron chi connectivity index (χ2n) is 5.80. The molecule has 0 saturated heterocycles. The van der Waals surface area contributed by atoms with E-state index >= 15 is 0 Å². The number of hydrogen-bond acceptors (Lipinski definition) is 7. The maximum atomic E-state index is 11.4. The van der Waals surface area contributed by atoms with Crippen molar-refractivity contribution >= 4 is 11.9 Å². The number of fused-ring (bicyclic) bond motifs is 1. The van der Waals surface area contributed by atoms with Crippen molar-refractivity contribution in [1.29, 1.82) is 0 Å². The Morgan fingerprint density at radius 1 is 1.17 bits per heavy atom. The van der Waals surface area contributed by atoms with Gasteiger partial charge in [0, 0.05) is 13.0 Å². The van der Waals surface area contributed by atoms with Gasteiger partial charge in [-0.15, -0.1) is 5.10 Å². The molecule has 1 aliphatic rings. The van der Waals surface area contributed by atoms with Gasteiger partial charge in [-0.3, -0.25) is 4.79 Å². The number of methoxy groups -OCH3 is 2. The number of esters is 2. The zero-order valence-corrected chi connectivity index (χ0v) is 14.3. The summed E-state index contributed by atoms with van der Waals surface area (Å²) in [7, 11) is 2.72. The minimum absolute atomic E-state index is 0.0893. The smallest absolute Gasteiger partial charge is 0.331 e. The lowest BCUT2D eigenvalue weighted by atomic mass is 9.98. The number of aromatic nitrogens is 3. The molecule has 0 saturated carbocycles. The van der Waals surface area contributed by atoms with Crippen LogP contribution in [0.25, 0.3) is 0 Å². The van der Waals surface area contributed by atoms with Crippen LogP contribution >= 0.6 is 0 Å². The Labute approximate surface area is 141 Å². The van der Waals surface area contributed by atoms with Crippen LogP contribution in [0.15, 0.2) is 0 Å². The number of carbonyl (C=O) groups excluding carboxylic acids is 2. The van der Waals surface area contributed by atoms with Crippen molar-refractivity contribution in [3.63, 3.8) is 0 Å². The molecule has 1 atom stereocenters. The van der Waals surface area contributed by atoms with Gasteiger partial charge in [-0.25, -0.2) is 9.48 Å². The van der Waals surface area contributed by atoms with E-state index < -0.39 is 5.97 Å². The highest BCUT2D eigenvalue weighted by Crippen LogP contribution is 2.29. The van der Waals surface area contributed by atoms with Crippen LogP contribution in [0.2, 0.25) is 0 Å². The highest BCUT2D eigenvalue weighted by molar-refractivity contribution is 5.70. The van der Waals surface area contributed by atoms with Crippen molar-refractivity contribution in [2.45, 2.75) is 57.6 Å². The van der Waals surface area contributed by atoms with Crippen molar-refractivity contribution in [3.05, 3.63) is 11.4 Å². The number of carbonyl (C=O) groups is 2. The first-order valence-corrected chi connectivity index (χ1v) is 8.33. The van der Waals surface area contributed by atoms with E-state index in [1.54, 1.807) is 4.68 Å². The maximum Gasteiger partial charge on any atom is 0.331 e. The van der Waals surface area contributed by atoms with Gasteiger partial charge in [0.2, 0.25) is 0 Å². The molecular weight excluding hydrogens is 314 g/mol. The molecule has 8 heteroatoms. The van der Waals surface area contributed by atoms with Crippen LogP contribution in [-0.4, -0.2) is 47.8 Å². The molecule has 0 spiro atoms. The van der Waals surface area contributed by atoms with Gasteiger partial charge in [0.15, 0.2) is 0 Å². The Bertz CT molecular complexity index is 558. The third-order valence-electron chi connectivity index (χ3n) is 4.14. The summed E-state index contributed by atoms with van der Waals surface area (Å²) in [4.78, 5) is 22.6.